The third-order valence-corrected chi connectivity index (χ3v) is 3.00. The number of nitrogens with one attached hydrogen (secondary N) is 2. The Morgan fingerprint density at radius 2 is 2.00 bits per heavy atom. The van der Waals surface area contributed by atoms with E-state index in [0.717, 1.165) is 5.56 Å². The first kappa shape index (κ1) is 16.5. The summed E-state index contributed by atoms with van der Waals surface area (Å²) in [7, 11) is 1.59. The molecule has 2 unspecified atom stereocenters. The van der Waals surface area contributed by atoms with Gasteiger partial charge < -0.3 is 20.5 Å². The summed E-state index contributed by atoms with van der Waals surface area (Å²) < 4.78 is 4.86. The second kappa shape index (κ2) is 9.34. The van der Waals surface area contributed by atoms with Gasteiger partial charge in [-0.15, -0.1) is 0 Å². The summed E-state index contributed by atoms with van der Waals surface area (Å²) in [4.78, 5) is 11.6. The number of carbonyl (C=O) groups excluding carboxylic acids is 1. The minimum absolute atomic E-state index is 0.101. The van der Waals surface area contributed by atoms with Crippen molar-refractivity contribution >= 4 is 6.03 Å². The van der Waals surface area contributed by atoms with Crippen LogP contribution in [0.4, 0.5) is 4.79 Å². The van der Waals surface area contributed by atoms with E-state index in [1.54, 1.807) is 14.0 Å². The minimum atomic E-state index is -0.404. The molecule has 1 rings (SSSR count). The van der Waals surface area contributed by atoms with Crippen LogP contribution < -0.4 is 10.6 Å². The first-order chi connectivity index (χ1) is 9.63. The topological polar surface area (TPSA) is 70.6 Å². The van der Waals surface area contributed by atoms with Gasteiger partial charge in [0.25, 0.3) is 0 Å². The summed E-state index contributed by atoms with van der Waals surface area (Å²) in [5.74, 6) is 0.101. The van der Waals surface area contributed by atoms with Crippen molar-refractivity contribution in [2.24, 2.45) is 0 Å². The summed E-state index contributed by atoms with van der Waals surface area (Å²) in [6, 6.07) is 9.68. The number of aliphatic hydroxyl groups excluding tert-OH is 1. The van der Waals surface area contributed by atoms with Crippen LogP contribution in [-0.4, -0.2) is 44.0 Å². The van der Waals surface area contributed by atoms with Crippen LogP contribution in [0.2, 0.25) is 0 Å². The lowest BCUT2D eigenvalue weighted by Crippen LogP contribution is -2.39. The van der Waals surface area contributed by atoms with E-state index in [1.165, 1.54) is 0 Å². The van der Waals surface area contributed by atoms with Crippen molar-refractivity contribution in [2.45, 2.75) is 25.4 Å². The van der Waals surface area contributed by atoms with Gasteiger partial charge >= 0.3 is 6.03 Å². The highest BCUT2D eigenvalue weighted by molar-refractivity contribution is 5.73. The molecule has 0 fully saturated rings. The number of aliphatic hydroxyl groups is 1. The molecule has 3 N–H and O–H groups in total. The Morgan fingerprint density at radius 3 is 2.60 bits per heavy atom. The quantitative estimate of drug-likeness (QED) is 0.632. The Bertz CT molecular complexity index is 382. The Hall–Kier alpha value is -1.59. The predicted molar refractivity (Wildman–Crippen MR) is 78.8 cm³/mol. The molecule has 1 aromatic carbocycles. The monoisotopic (exact) mass is 280 g/mol. The van der Waals surface area contributed by atoms with Gasteiger partial charge in [0.2, 0.25) is 0 Å². The molecule has 112 valence electrons. The van der Waals surface area contributed by atoms with Gasteiger partial charge in [-0.05, 0) is 18.9 Å². The molecule has 0 radical (unpaired) electrons. The summed E-state index contributed by atoms with van der Waals surface area (Å²) in [5, 5.41) is 15.1. The largest absolute Gasteiger partial charge is 0.393 e. The molecule has 5 nitrogen and oxygen atoms in total. The molecule has 0 heterocycles. The lowest BCUT2D eigenvalue weighted by atomic mass is 9.93. The van der Waals surface area contributed by atoms with E-state index in [-0.39, 0.29) is 11.9 Å². The van der Waals surface area contributed by atoms with Crippen LogP contribution in [0.15, 0.2) is 30.3 Å². The van der Waals surface area contributed by atoms with Crippen molar-refractivity contribution in [3.05, 3.63) is 35.9 Å². The zero-order valence-corrected chi connectivity index (χ0v) is 12.1. The fourth-order valence-electron chi connectivity index (χ4n) is 2.02. The highest BCUT2D eigenvalue weighted by Crippen LogP contribution is 2.20. The van der Waals surface area contributed by atoms with Gasteiger partial charge in [0.1, 0.15) is 0 Å². The number of methoxy groups -OCH3 is 1. The maximum absolute atomic E-state index is 11.6. The van der Waals surface area contributed by atoms with Crippen molar-refractivity contribution < 1.29 is 14.6 Å². The SMILES string of the molecule is COCCNC(=O)NCC(CC(C)O)c1ccccc1. The molecule has 1 aromatic rings. The zero-order valence-electron chi connectivity index (χ0n) is 12.1. The molecule has 0 aliphatic carbocycles. The summed E-state index contributed by atoms with van der Waals surface area (Å²) >= 11 is 0. The molecule has 0 spiro atoms. The Kier molecular flexibility index (Phi) is 7.69. The molecule has 0 aliphatic heterocycles. The molecule has 0 saturated heterocycles. The van der Waals surface area contributed by atoms with Gasteiger partial charge in [-0.25, -0.2) is 4.79 Å². The molecule has 0 aromatic heterocycles. The average molecular weight is 280 g/mol. The number of benzene rings is 1. The standard InChI is InChI=1S/C15H24N2O3/c1-12(18)10-14(13-6-4-3-5-7-13)11-17-15(19)16-8-9-20-2/h3-7,12,14,18H,8-11H2,1-2H3,(H2,16,17,19). The van der Waals surface area contributed by atoms with E-state index in [2.05, 4.69) is 10.6 Å². The van der Waals surface area contributed by atoms with Crippen LogP contribution in [0.5, 0.6) is 0 Å². The number of urea groups is 1. The lowest BCUT2D eigenvalue weighted by molar-refractivity contribution is 0.172. The lowest BCUT2D eigenvalue weighted by Gasteiger charge is -2.19. The number of rotatable bonds is 8. The number of ether oxygens (including phenoxy) is 1. The van der Waals surface area contributed by atoms with Gasteiger partial charge in [0.15, 0.2) is 0 Å². The molecule has 0 bridgehead atoms. The number of hydrogen-bond donors (Lipinski definition) is 3. The normalized spacial score (nSPS) is 13.6. The summed E-state index contributed by atoms with van der Waals surface area (Å²) in [6.07, 6.45) is 0.209. The van der Waals surface area contributed by atoms with Crippen LogP contribution in [-0.2, 0) is 4.74 Å². The second-order valence-corrected chi connectivity index (χ2v) is 4.82. The highest BCUT2D eigenvalue weighted by atomic mass is 16.5. The molecular formula is C15H24N2O3. The van der Waals surface area contributed by atoms with Gasteiger partial charge in [0.05, 0.1) is 12.7 Å². The predicted octanol–water partition coefficient (Wildman–Crippen LogP) is 1.49. The third kappa shape index (κ3) is 6.54. The van der Waals surface area contributed by atoms with E-state index in [4.69, 9.17) is 4.74 Å². The van der Waals surface area contributed by atoms with Crippen molar-refractivity contribution in [3.8, 4) is 0 Å². The van der Waals surface area contributed by atoms with E-state index in [1.807, 2.05) is 30.3 Å². The van der Waals surface area contributed by atoms with Gasteiger partial charge in [-0.2, -0.15) is 0 Å². The van der Waals surface area contributed by atoms with E-state index < -0.39 is 6.10 Å². The van der Waals surface area contributed by atoms with Crippen molar-refractivity contribution in [1.82, 2.24) is 10.6 Å². The van der Waals surface area contributed by atoms with Crippen LogP contribution in [0.25, 0.3) is 0 Å². The molecule has 0 saturated carbocycles. The first-order valence-corrected chi connectivity index (χ1v) is 6.87. The molecule has 5 heteroatoms. The Morgan fingerprint density at radius 1 is 1.30 bits per heavy atom. The van der Waals surface area contributed by atoms with Crippen molar-refractivity contribution in [3.63, 3.8) is 0 Å². The van der Waals surface area contributed by atoms with Crippen molar-refractivity contribution in [2.75, 3.05) is 26.8 Å². The molecular weight excluding hydrogens is 256 g/mol. The number of carbonyl (C=O) groups is 1. The van der Waals surface area contributed by atoms with Gasteiger partial charge in [-0.1, -0.05) is 30.3 Å². The van der Waals surface area contributed by atoms with Gasteiger partial charge in [-0.3, -0.25) is 0 Å². The molecule has 2 atom stereocenters. The number of hydrogen-bond acceptors (Lipinski definition) is 3. The fraction of sp³-hybridized carbons (Fsp3) is 0.533. The van der Waals surface area contributed by atoms with Crippen LogP contribution in [0, 0.1) is 0 Å². The minimum Gasteiger partial charge on any atom is -0.393 e. The molecule has 0 aliphatic rings. The zero-order chi connectivity index (χ0) is 14.8. The Labute approximate surface area is 120 Å². The van der Waals surface area contributed by atoms with E-state index in [9.17, 15) is 9.90 Å². The van der Waals surface area contributed by atoms with E-state index in [0.29, 0.717) is 26.1 Å². The third-order valence-electron chi connectivity index (χ3n) is 3.00. The number of amides is 2. The first-order valence-electron chi connectivity index (χ1n) is 6.87. The summed E-state index contributed by atoms with van der Waals surface area (Å²) in [6.45, 7) is 3.22. The maximum atomic E-state index is 11.6. The van der Waals surface area contributed by atoms with Crippen molar-refractivity contribution in [1.29, 1.82) is 0 Å². The van der Waals surface area contributed by atoms with Crippen LogP contribution in [0.1, 0.15) is 24.8 Å². The maximum Gasteiger partial charge on any atom is 0.314 e. The Balaban J connectivity index is 2.47. The average Bonchev–Trinajstić information content (AvgIpc) is 2.44. The summed E-state index contributed by atoms with van der Waals surface area (Å²) in [5.41, 5.74) is 1.12. The van der Waals surface area contributed by atoms with Crippen LogP contribution >= 0.6 is 0 Å². The second-order valence-electron chi connectivity index (χ2n) is 4.82. The molecule has 20 heavy (non-hydrogen) atoms. The highest BCUT2D eigenvalue weighted by Gasteiger charge is 2.15. The smallest absolute Gasteiger partial charge is 0.314 e. The van der Waals surface area contributed by atoms with Crippen LogP contribution in [0.3, 0.4) is 0 Å². The van der Waals surface area contributed by atoms with Gasteiger partial charge in [0, 0.05) is 26.1 Å². The van der Waals surface area contributed by atoms with E-state index >= 15 is 0 Å². The fourth-order valence-corrected chi connectivity index (χ4v) is 2.02. The molecule has 2 amide bonds.